The molecule has 2 aromatic rings. The molecule has 0 spiro atoms. The van der Waals surface area contributed by atoms with E-state index < -0.39 is 35.7 Å². The van der Waals surface area contributed by atoms with Gasteiger partial charge in [0.1, 0.15) is 11.4 Å². The van der Waals surface area contributed by atoms with Gasteiger partial charge in [0.25, 0.3) is 5.91 Å². The van der Waals surface area contributed by atoms with E-state index in [-0.39, 0.29) is 36.6 Å². The second-order valence-corrected chi connectivity index (χ2v) is 9.37. The topological polar surface area (TPSA) is 125 Å². The van der Waals surface area contributed by atoms with E-state index in [4.69, 9.17) is 9.47 Å². The number of hydrogen-bond donors (Lipinski definition) is 3. The van der Waals surface area contributed by atoms with Gasteiger partial charge in [-0.15, -0.1) is 0 Å². The Labute approximate surface area is 204 Å². The molecule has 2 atom stereocenters. The van der Waals surface area contributed by atoms with Crippen molar-refractivity contribution >= 4 is 18.0 Å². The molecule has 0 saturated carbocycles. The first kappa shape index (κ1) is 26.0. The maximum Gasteiger partial charge on any atom is 0.410 e. The van der Waals surface area contributed by atoms with Crippen molar-refractivity contribution in [3.05, 3.63) is 64.7 Å². The number of benzene rings is 2. The normalized spacial score (nSPS) is 16.1. The van der Waals surface area contributed by atoms with Gasteiger partial charge in [0.2, 0.25) is 0 Å². The van der Waals surface area contributed by atoms with Crippen LogP contribution < -0.4 is 10.1 Å². The minimum absolute atomic E-state index is 0.00101. The Morgan fingerprint density at radius 3 is 2.46 bits per heavy atom. The molecule has 188 valence electrons. The fourth-order valence-electron chi connectivity index (χ4n) is 3.96. The van der Waals surface area contributed by atoms with E-state index in [1.54, 1.807) is 27.7 Å². The first-order valence-electron chi connectivity index (χ1n) is 11.5. The van der Waals surface area contributed by atoms with Crippen LogP contribution in [0.5, 0.6) is 5.75 Å². The SMILES string of the molecule is CCOc1cc(C(=O)O)ccc1C(=O)NCC(O)C1Cc2ccccc2CN1C(=O)OC(C)(C)C. The summed E-state index contributed by atoms with van der Waals surface area (Å²) in [5, 5.41) is 22.9. The predicted octanol–water partition coefficient (Wildman–Crippen LogP) is 3.24. The Kier molecular flexibility index (Phi) is 8.01. The zero-order valence-corrected chi connectivity index (χ0v) is 20.4. The molecule has 0 fully saturated rings. The van der Waals surface area contributed by atoms with Gasteiger partial charge < -0.3 is 25.0 Å². The van der Waals surface area contributed by atoms with Crippen molar-refractivity contribution in [1.29, 1.82) is 0 Å². The molecule has 1 heterocycles. The van der Waals surface area contributed by atoms with Crippen LogP contribution in [0.4, 0.5) is 4.79 Å². The molecule has 0 bridgehead atoms. The lowest BCUT2D eigenvalue weighted by molar-refractivity contribution is -0.0113. The number of aromatic carboxylic acids is 1. The molecule has 1 aliphatic heterocycles. The van der Waals surface area contributed by atoms with Crippen molar-refractivity contribution < 1.29 is 34.1 Å². The number of nitrogens with zero attached hydrogens (tertiary/aromatic N) is 1. The maximum atomic E-state index is 12.9. The summed E-state index contributed by atoms with van der Waals surface area (Å²) in [4.78, 5) is 38.6. The Morgan fingerprint density at radius 1 is 1.14 bits per heavy atom. The molecule has 0 aliphatic carbocycles. The Morgan fingerprint density at radius 2 is 1.83 bits per heavy atom. The summed E-state index contributed by atoms with van der Waals surface area (Å²) in [5.74, 6) is -1.51. The summed E-state index contributed by atoms with van der Waals surface area (Å²) < 4.78 is 11.0. The number of nitrogens with one attached hydrogen (secondary N) is 1. The van der Waals surface area contributed by atoms with Gasteiger partial charge in [0.05, 0.1) is 29.9 Å². The highest BCUT2D eigenvalue weighted by atomic mass is 16.6. The minimum Gasteiger partial charge on any atom is -0.493 e. The number of carbonyl (C=O) groups is 3. The number of aliphatic hydroxyl groups is 1. The van der Waals surface area contributed by atoms with Crippen molar-refractivity contribution in [2.45, 2.75) is 58.4 Å². The zero-order valence-electron chi connectivity index (χ0n) is 20.4. The van der Waals surface area contributed by atoms with E-state index in [0.717, 1.165) is 11.1 Å². The molecule has 35 heavy (non-hydrogen) atoms. The number of amides is 2. The molecule has 0 aromatic heterocycles. The molecule has 9 heteroatoms. The van der Waals surface area contributed by atoms with Gasteiger partial charge in [-0.2, -0.15) is 0 Å². The third kappa shape index (κ3) is 6.51. The van der Waals surface area contributed by atoms with Gasteiger partial charge in [-0.1, -0.05) is 24.3 Å². The molecular formula is C26H32N2O7. The Bertz CT molecular complexity index is 1090. The van der Waals surface area contributed by atoms with Gasteiger partial charge in [0.15, 0.2) is 0 Å². The largest absolute Gasteiger partial charge is 0.493 e. The average Bonchev–Trinajstić information content (AvgIpc) is 2.80. The minimum atomic E-state index is -1.13. The standard InChI is InChI=1S/C26H32N2O7/c1-5-34-22-13-17(24(31)32)10-11-19(22)23(30)27-14-21(29)20-12-16-8-6-7-9-18(16)15-28(20)25(33)35-26(2,3)4/h6-11,13,20-21,29H,5,12,14-15H2,1-4H3,(H,27,30)(H,31,32). The summed E-state index contributed by atoms with van der Waals surface area (Å²) in [5.41, 5.74) is 1.45. The average molecular weight is 485 g/mol. The predicted molar refractivity (Wildman–Crippen MR) is 129 cm³/mol. The molecule has 9 nitrogen and oxygen atoms in total. The zero-order chi connectivity index (χ0) is 25.8. The third-order valence-corrected chi connectivity index (χ3v) is 5.61. The van der Waals surface area contributed by atoms with Gasteiger partial charge >= 0.3 is 12.1 Å². The van der Waals surface area contributed by atoms with Crippen molar-refractivity contribution in [2.75, 3.05) is 13.2 Å². The molecule has 1 aliphatic rings. The van der Waals surface area contributed by atoms with E-state index in [1.165, 1.54) is 23.1 Å². The second kappa shape index (κ2) is 10.8. The van der Waals surface area contributed by atoms with Crippen LogP contribution in [0.15, 0.2) is 42.5 Å². The quantitative estimate of drug-likeness (QED) is 0.551. The van der Waals surface area contributed by atoms with Gasteiger partial charge in [0, 0.05) is 13.1 Å². The number of ether oxygens (including phenoxy) is 2. The van der Waals surface area contributed by atoms with Crippen molar-refractivity contribution in [1.82, 2.24) is 10.2 Å². The van der Waals surface area contributed by atoms with Crippen molar-refractivity contribution in [3.8, 4) is 5.75 Å². The molecule has 3 rings (SSSR count). The van der Waals surface area contributed by atoms with E-state index in [0.29, 0.717) is 6.42 Å². The number of carboxylic acid groups (broad SMARTS) is 1. The number of carboxylic acids is 1. The molecule has 2 unspecified atom stereocenters. The van der Waals surface area contributed by atoms with Crippen LogP contribution in [-0.4, -0.2) is 64.0 Å². The lowest BCUT2D eigenvalue weighted by Crippen LogP contribution is -2.54. The fraction of sp³-hybridized carbons (Fsp3) is 0.423. The second-order valence-electron chi connectivity index (χ2n) is 9.37. The number of hydrogen-bond acceptors (Lipinski definition) is 6. The maximum absolute atomic E-state index is 12.9. The van der Waals surface area contributed by atoms with Crippen LogP contribution in [-0.2, 0) is 17.7 Å². The highest BCUT2D eigenvalue weighted by Gasteiger charge is 2.37. The van der Waals surface area contributed by atoms with Crippen LogP contribution in [0.1, 0.15) is 59.5 Å². The number of aliphatic hydroxyl groups excluding tert-OH is 1. The van der Waals surface area contributed by atoms with Crippen molar-refractivity contribution in [2.24, 2.45) is 0 Å². The lowest BCUT2D eigenvalue weighted by atomic mass is 9.91. The smallest absolute Gasteiger partial charge is 0.410 e. The lowest BCUT2D eigenvalue weighted by Gasteiger charge is -2.40. The van der Waals surface area contributed by atoms with E-state index in [1.807, 2.05) is 24.3 Å². The van der Waals surface area contributed by atoms with Crippen LogP contribution in [0.2, 0.25) is 0 Å². The molecule has 2 aromatic carbocycles. The van der Waals surface area contributed by atoms with Gasteiger partial charge in [-0.25, -0.2) is 9.59 Å². The van der Waals surface area contributed by atoms with Crippen LogP contribution in [0.25, 0.3) is 0 Å². The van der Waals surface area contributed by atoms with Gasteiger partial charge in [-0.05, 0) is 63.4 Å². The Balaban J connectivity index is 1.77. The molecular weight excluding hydrogens is 452 g/mol. The molecule has 0 saturated heterocycles. The Hall–Kier alpha value is -3.59. The summed E-state index contributed by atoms with van der Waals surface area (Å²) in [6.07, 6.45) is -1.21. The van der Waals surface area contributed by atoms with Gasteiger partial charge in [-0.3, -0.25) is 9.69 Å². The van der Waals surface area contributed by atoms with E-state index in [9.17, 15) is 24.6 Å². The monoisotopic (exact) mass is 484 g/mol. The summed E-state index contributed by atoms with van der Waals surface area (Å²) in [6.45, 7) is 7.46. The first-order chi connectivity index (χ1) is 16.5. The van der Waals surface area contributed by atoms with Crippen molar-refractivity contribution in [3.63, 3.8) is 0 Å². The number of rotatable bonds is 7. The fourth-order valence-corrected chi connectivity index (χ4v) is 3.96. The van der Waals surface area contributed by atoms with Crippen LogP contribution >= 0.6 is 0 Å². The summed E-state index contributed by atoms with van der Waals surface area (Å²) in [6, 6.07) is 11.1. The number of fused-ring (bicyclic) bond motifs is 1. The first-order valence-corrected chi connectivity index (χ1v) is 11.5. The highest BCUT2D eigenvalue weighted by Crippen LogP contribution is 2.27. The molecule has 0 radical (unpaired) electrons. The summed E-state index contributed by atoms with van der Waals surface area (Å²) in [7, 11) is 0. The molecule has 2 amide bonds. The summed E-state index contributed by atoms with van der Waals surface area (Å²) >= 11 is 0. The molecule has 3 N–H and O–H groups in total. The van der Waals surface area contributed by atoms with Crippen LogP contribution in [0.3, 0.4) is 0 Å². The third-order valence-electron chi connectivity index (χ3n) is 5.61. The van der Waals surface area contributed by atoms with E-state index >= 15 is 0 Å². The number of carbonyl (C=O) groups excluding carboxylic acids is 2. The van der Waals surface area contributed by atoms with Crippen LogP contribution in [0, 0.1) is 0 Å². The van der Waals surface area contributed by atoms with E-state index in [2.05, 4.69) is 5.32 Å². The highest BCUT2D eigenvalue weighted by molar-refractivity contribution is 5.98.